The Labute approximate surface area is 861 Å². The van der Waals surface area contributed by atoms with E-state index >= 15 is 4.39 Å². The van der Waals surface area contributed by atoms with E-state index in [-0.39, 0.29) is 63.9 Å². The predicted octanol–water partition coefficient (Wildman–Crippen LogP) is 17.3. The van der Waals surface area contributed by atoms with Crippen LogP contribution < -0.4 is 75.9 Å². The fourth-order valence-electron chi connectivity index (χ4n) is 15.2. The lowest BCUT2D eigenvalue weighted by Crippen LogP contribution is -2.29. The summed E-state index contributed by atoms with van der Waals surface area (Å²) in [6, 6.07) is 41.5. The average Bonchev–Trinajstić information content (AvgIpc) is 1.04. The van der Waals surface area contributed by atoms with Crippen LogP contribution in [0.4, 0.5) is 96.4 Å². The van der Waals surface area contributed by atoms with Gasteiger partial charge in [-0.25, -0.2) is 44.3 Å². The van der Waals surface area contributed by atoms with E-state index in [4.69, 9.17) is 28.4 Å². The SMILES string of the molecule is C=CC(=O)Nc1c(N(C)CCN(C)C)cc(OC)c(Nc2cc(-c3ccc4cnn(C)c4c3)ncn2)c1F.C=CC(=O)Nc1cc(Nc2cc(-c3ccc4c(cnn4C)c3)ncn2)c(OC(F)F)cc1CCCN(C)C.C=CC(=O)Nc1cc(Nc2cc(-c3ccc4cnn(C)c4c3)ncn2)c(OC(F)F)cc1OCCN(C)C.C=CC(=O)Nc1cc(Nc2cc(-c3ccc4cnn(C)c4c3)ncn2)c(OC)cc1OCCN(C)C. The van der Waals surface area contributed by atoms with Crippen LogP contribution >= 0.6 is 0 Å². The number of nitrogens with one attached hydrogen (secondary N) is 8. The van der Waals surface area contributed by atoms with E-state index in [0.717, 1.165) is 109 Å². The van der Waals surface area contributed by atoms with Crippen molar-refractivity contribution in [3.05, 3.63) is 252 Å². The summed E-state index contributed by atoms with van der Waals surface area (Å²) in [5.74, 6) is 0.303. The minimum atomic E-state index is -3.09. The lowest BCUT2D eigenvalue weighted by Gasteiger charge is -2.26. The van der Waals surface area contributed by atoms with E-state index in [2.05, 4.69) is 129 Å². The van der Waals surface area contributed by atoms with Crippen LogP contribution in [-0.2, 0) is 53.8 Å². The van der Waals surface area contributed by atoms with Gasteiger partial charge in [-0.2, -0.15) is 38.0 Å². The molecule has 0 bridgehead atoms. The van der Waals surface area contributed by atoms with Gasteiger partial charge in [0.05, 0.1) is 118 Å². The number of nitrogens with zero attached hydrogens (tertiary/aromatic N) is 21. The van der Waals surface area contributed by atoms with Crippen molar-refractivity contribution in [2.75, 3.05) is 171 Å². The molecule has 8 aromatic heterocycles. The maximum absolute atomic E-state index is 16.0. The number of carbonyl (C=O) groups excluding carboxylic acids is 4. The van der Waals surface area contributed by atoms with Gasteiger partial charge in [0.2, 0.25) is 23.6 Å². The highest BCUT2D eigenvalue weighted by atomic mass is 19.3. The molecule has 0 atom stereocenters. The van der Waals surface area contributed by atoms with Crippen molar-refractivity contribution in [2.45, 2.75) is 26.1 Å². The molecule has 8 aromatic carbocycles. The maximum atomic E-state index is 16.0. The van der Waals surface area contributed by atoms with Gasteiger partial charge in [0.1, 0.15) is 102 Å². The summed E-state index contributed by atoms with van der Waals surface area (Å²) in [6.07, 6.45) is 18.6. The number of ether oxygens (including phenoxy) is 6. The van der Waals surface area contributed by atoms with Crippen molar-refractivity contribution in [3.8, 4) is 79.5 Å². The highest BCUT2D eigenvalue weighted by Gasteiger charge is 2.27. The summed E-state index contributed by atoms with van der Waals surface area (Å²) >= 11 is 0. The number of likely N-dealkylation sites (N-methyl/N-ethyl adjacent to an activating group) is 4. The zero-order chi connectivity index (χ0) is 108. The molecule has 8 N–H and O–H groups in total. The number of carbonyl (C=O) groups is 4. The van der Waals surface area contributed by atoms with Crippen LogP contribution in [0.5, 0.6) is 34.5 Å². The second kappa shape index (κ2) is 51.2. The van der Waals surface area contributed by atoms with Gasteiger partial charge in [0.15, 0.2) is 11.6 Å². The minimum Gasteiger partial charge on any atom is -0.494 e. The normalized spacial score (nSPS) is 11.1. The summed E-state index contributed by atoms with van der Waals surface area (Å²) in [6.45, 7) is 11.9. The van der Waals surface area contributed by atoms with Gasteiger partial charge >= 0.3 is 13.2 Å². The van der Waals surface area contributed by atoms with Crippen molar-refractivity contribution in [2.24, 2.45) is 28.2 Å². The third-order valence-corrected chi connectivity index (χ3v) is 23.0. The summed E-state index contributed by atoms with van der Waals surface area (Å²) < 4.78 is 109. The van der Waals surface area contributed by atoms with Gasteiger partial charge in [-0.3, -0.25) is 37.9 Å². The van der Waals surface area contributed by atoms with Gasteiger partial charge in [-0.05, 0) is 160 Å². The molecule has 780 valence electrons. The molecular weight excluding hydrogens is 1930 g/mol. The first kappa shape index (κ1) is 109. The molecule has 0 aliphatic rings. The number of anilines is 13. The molecule has 16 rings (SSSR count). The van der Waals surface area contributed by atoms with E-state index in [9.17, 15) is 36.7 Å². The lowest BCUT2D eigenvalue weighted by molar-refractivity contribution is -0.112. The first-order valence-electron chi connectivity index (χ1n) is 46.8. The van der Waals surface area contributed by atoms with Crippen molar-refractivity contribution in [1.29, 1.82) is 0 Å². The van der Waals surface area contributed by atoms with Crippen LogP contribution in [0.1, 0.15) is 12.0 Å². The number of aromatic nitrogens is 16. The monoisotopic (exact) mass is 2050 g/mol. The van der Waals surface area contributed by atoms with Crippen LogP contribution in [0, 0.1) is 5.82 Å². The molecule has 0 saturated carbocycles. The zero-order valence-corrected chi connectivity index (χ0v) is 85.4. The van der Waals surface area contributed by atoms with Crippen molar-refractivity contribution in [3.63, 3.8) is 0 Å². The fraction of sp³-hybridized carbons (Fsp3) is 0.245. The molecule has 0 unspecified atom stereocenters. The molecule has 16 aromatic rings. The molecule has 0 aliphatic carbocycles. The van der Waals surface area contributed by atoms with Gasteiger partial charge in [-0.15, -0.1) is 0 Å². The molecule has 150 heavy (non-hydrogen) atoms. The molecule has 44 heteroatoms. The van der Waals surface area contributed by atoms with Crippen LogP contribution in [0.3, 0.4) is 0 Å². The minimum absolute atomic E-state index is 0.00963. The fourth-order valence-corrected chi connectivity index (χ4v) is 15.2. The summed E-state index contributed by atoms with van der Waals surface area (Å²) in [7, 11) is 27.8. The second-order valence-corrected chi connectivity index (χ2v) is 34.8. The van der Waals surface area contributed by atoms with Crippen molar-refractivity contribution >= 4 is 142 Å². The number of aryl methyl sites for hydroxylation is 5. The first-order chi connectivity index (χ1) is 72.0. The summed E-state index contributed by atoms with van der Waals surface area (Å²) in [5.41, 5.74) is 13.3. The van der Waals surface area contributed by atoms with Crippen LogP contribution in [0.2, 0.25) is 0 Å². The van der Waals surface area contributed by atoms with E-state index in [1.165, 1.54) is 56.7 Å². The third-order valence-electron chi connectivity index (χ3n) is 23.0. The molecule has 0 fully saturated rings. The predicted molar refractivity (Wildman–Crippen MR) is 574 cm³/mol. The largest absolute Gasteiger partial charge is 0.494 e. The Morgan fingerprint density at radius 2 is 0.720 bits per heavy atom. The first-order valence-corrected chi connectivity index (χ1v) is 46.8. The number of hydrogen-bond acceptors (Lipinski definition) is 31. The smallest absolute Gasteiger partial charge is 0.387 e. The number of hydrogen-bond donors (Lipinski definition) is 8. The van der Waals surface area contributed by atoms with Gasteiger partial charge in [0.25, 0.3) is 0 Å². The molecule has 0 spiro atoms. The maximum Gasteiger partial charge on any atom is 0.387 e. The van der Waals surface area contributed by atoms with E-state index in [1.807, 2.05) is 206 Å². The topological polar surface area (TPSA) is 410 Å². The van der Waals surface area contributed by atoms with Crippen molar-refractivity contribution in [1.82, 2.24) is 98.6 Å². The number of amides is 4. The zero-order valence-electron chi connectivity index (χ0n) is 85.4. The van der Waals surface area contributed by atoms with Gasteiger partial charge in [-0.1, -0.05) is 68.8 Å². The Bertz CT molecular complexity index is 7540. The quantitative estimate of drug-likeness (QED) is 0.0130. The molecule has 0 radical (unpaired) electrons. The highest BCUT2D eigenvalue weighted by molar-refractivity contribution is 6.04. The Morgan fingerprint density at radius 1 is 0.360 bits per heavy atom. The number of alkyl halides is 4. The van der Waals surface area contributed by atoms with Crippen LogP contribution in [-0.4, -0.2) is 259 Å². The second-order valence-electron chi connectivity index (χ2n) is 34.8. The Balaban J connectivity index is 0.000000167. The average molecular weight is 2050 g/mol. The Kier molecular flexibility index (Phi) is 37.3. The molecule has 0 aliphatic heterocycles. The van der Waals surface area contributed by atoms with Crippen LogP contribution in [0.25, 0.3) is 88.6 Å². The summed E-state index contributed by atoms with van der Waals surface area (Å²) in [4.78, 5) is 92.9. The third kappa shape index (κ3) is 29.1. The van der Waals surface area contributed by atoms with Crippen LogP contribution in [0.15, 0.2) is 240 Å². The van der Waals surface area contributed by atoms with Gasteiger partial charge in [0, 0.05) is 153 Å². The number of benzene rings is 8. The molecular formula is C106H116F5N29O10. The van der Waals surface area contributed by atoms with E-state index < -0.39 is 36.8 Å². The lowest BCUT2D eigenvalue weighted by atomic mass is 10.0. The van der Waals surface area contributed by atoms with Gasteiger partial charge < -0.3 is 95.5 Å². The molecule has 39 nitrogen and oxygen atoms in total. The summed E-state index contributed by atoms with van der Waals surface area (Å²) in [5, 5.41) is 44.3. The molecule has 4 amide bonds. The number of fused-ring (bicyclic) bond motifs is 4. The number of methoxy groups -OCH3 is 2. The Morgan fingerprint density at radius 3 is 1.13 bits per heavy atom. The van der Waals surface area contributed by atoms with E-state index in [1.54, 1.807) is 82.2 Å². The number of halogens is 5. The standard InChI is InChI=1S/C27H29F2N7O2.C27H31FN8O2.C26H27F2N7O3.C26H29N7O3/c1-5-26(37)34-21-13-22(24(38-27(28)29)12-17(21)7-6-10-35(2)3)33-25-14-20(30-16-31-25)18-8-9-23-19(11-18)15-32-36(23)4;1-7-24(37)33-26-21(35(4)11-10-34(2)3)14-22(38-6)27(25(26)28)32-23-13-19(29-16-30-23)17-8-9-18-15-31-36(5)20(18)12-17;1-5-25(36)33-19-11-20(23(38-26(27)28)13-22(19)37-9-8-34(2)3)32-24-12-18(29-15-30-24)16-6-7-17-14-31-35(4)21(17)10-16;1-6-26(34)31-21-12-20(23(35-5)14-24(21)36-10-9-32(2)3)30-25-13-19(27-16-28-25)17-7-8-18-15-29-33(4)22(18)11-17/h5,8-9,11-16,27H,1,6-7,10H2,2-4H3,(H,34,37)(H,30,31,33);7-9,12-16H,1,10-11H2,2-6H3,(H,33,37)(H,29,30,32);5-7,10-15,26H,1,8-9H2,2-4H3,(H,33,36)(H,29,30,32);6-8,11-16H,1,9-10H2,2-5H3,(H,31,34)(H,27,28,30). The molecule has 0 saturated heterocycles. The van der Waals surface area contributed by atoms with E-state index in [0.29, 0.717) is 113 Å². The van der Waals surface area contributed by atoms with Crippen molar-refractivity contribution < 1.29 is 69.6 Å². The molecule has 8 heterocycles. The highest BCUT2D eigenvalue weighted by Crippen LogP contribution is 2.45. The Hall–Kier alpha value is -17.9. The number of rotatable bonds is 42.